The molecule has 0 aromatic heterocycles. The van der Waals surface area contributed by atoms with Gasteiger partial charge in [-0.05, 0) is 69.3 Å². The van der Waals surface area contributed by atoms with E-state index in [0.717, 1.165) is 25.9 Å². The fourth-order valence-corrected chi connectivity index (χ4v) is 6.13. The van der Waals surface area contributed by atoms with Crippen LogP contribution in [0.3, 0.4) is 0 Å². The Bertz CT molecular complexity index is 959. The smallest absolute Gasteiger partial charge is 0.243 e. The Morgan fingerprint density at radius 2 is 1.66 bits per heavy atom. The molecule has 1 heterocycles. The molecule has 0 aliphatic carbocycles. The van der Waals surface area contributed by atoms with Gasteiger partial charge in [0.05, 0.1) is 4.90 Å². The maximum Gasteiger partial charge on any atom is 0.243 e. The zero-order valence-corrected chi connectivity index (χ0v) is 20.4. The van der Waals surface area contributed by atoms with Crippen LogP contribution in [0.4, 0.5) is 0 Å². The third-order valence-electron chi connectivity index (χ3n) is 5.51. The minimum absolute atomic E-state index is 0.00681. The highest BCUT2D eigenvalue weighted by Gasteiger charge is 2.30. The average Bonchev–Trinajstić information content (AvgIpc) is 2.79. The molecule has 174 valence electrons. The first-order chi connectivity index (χ1) is 15.4. The number of likely N-dealkylation sites (tertiary alicyclic amines) is 1. The summed E-state index contributed by atoms with van der Waals surface area (Å²) >= 11 is 1.17. The SMILES string of the molecule is CC(=O)SC[C@@H](C)N(CCN1CCCCC1)S(=O)(=O)c1ccc(Oc2ccccc2)cc1. The summed E-state index contributed by atoms with van der Waals surface area (Å²) in [5.74, 6) is 1.71. The Labute approximate surface area is 196 Å². The first-order valence-corrected chi connectivity index (χ1v) is 13.5. The highest BCUT2D eigenvalue weighted by molar-refractivity contribution is 8.13. The van der Waals surface area contributed by atoms with Gasteiger partial charge in [-0.1, -0.05) is 36.4 Å². The lowest BCUT2D eigenvalue weighted by atomic mass is 10.1. The van der Waals surface area contributed by atoms with Crippen molar-refractivity contribution in [2.24, 2.45) is 0 Å². The average molecular weight is 477 g/mol. The second-order valence-electron chi connectivity index (χ2n) is 8.06. The topological polar surface area (TPSA) is 66.9 Å². The molecule has 1 fully saturated rings. The number of benzene rings is 2. The third kappa shape index (κ3) is 7.07. The minimum atomic E-state index is -3.71. The van der Waals surface area contributed by atoms with Gasteiger partial charge >= 0.3 is 0 Å². The quantitative estimate of drug-likeness (QED) is 0.498. The van der Waals surface area contributed by atoms with E-state index in [4.69, 9.17) is 4.74 Å². The Kier molecular flexibility index (Phi) is 9.16. The zero-order chi connectivity index (χ0) is 23.0. The molecule has 0 amide bonds. The molecule has 0 radical (unpaired) electrons. The molecule has 2 aromatic carbocycles. The summed E-state index contributed by atoms with van der Waals surface area (Å²) in [4.78, 5) is 14.0. The van der Waals surface area contributed by atoms with Crippen LogP contribution in [0.5, 0.6) is 11.5 Å². The summed E-state index contributed by atoms with van der Waals surface area (Å²) in [7, 11) is -3.71. The van der Waals surface area contributed by atoms with E-state index in [1.54, 1.807) is 28.6 Å². The van der Waals surface area contributed by atoms with Crippen molar-refractivity contribution in [1.82, 2.24) is 9.21 Å². The van der Waals surface area contributed by atoms with E-state index < -0.39 is 10.0 Å². The molecule has 1 atom stereocenters. The summed E-state index contributed by atoms with van der Waals surface area (Å²) in [6, 6.07) is 15.6. The number of piperidine rings is 1. The van der Waals surface area contributed by atoms with Crippen molar-refractivity contribution in [3.8, 4) is 11.5 Å². The molecule has 1 saturated heterocycles. The van der Waals surface area contributed by atoms with Gasteiger partial charge in [0.1, 0.15) is 11.5 Å². The first kappa shape index (κ1) is 24.8. The van der Waals surface area contributed by atoms with Gasteiger partial charge in [-0.15, -0.1) is 0 Å². The van der Waals surface area contributed by atoms with Crippen LogP contribution in [0.15, 0.2) is 59.5 Å². The molecule has 0 bridgehead atoms. The first-order valence-electron chi connectivity index (χ1n) is 11.1. The summed E-state index contributed by atoms with van der Waals surface area (Å²) in [5, 5.41) is -0.00681. The second kappa shape index (κ2) is 11.8. The van der Waals surface area contributed by atoms with Crippen LogP contribution in [-0.2, 0) is 14.8 Å². The van der Waals surface area contributed by atoms with E-state index >= 15 is 0 Å². The van der Waals surface area contributed by atoms with Gasteiger partial charge in [0.15, 0.2) is 5.12 Å². The number of ether oxygens (including phenoxy) is 1. The number of hydrogen-bond donors (Lipinski definition) is 0. The van der Waals surface area contributed by atoms with Crippen molar-refractivity contribution in [2.75, 3.05) is 31.9 Å². The molecule has 32 heavy (non-hydrogen) atoms. The molecule has 0 N–H and O–H groups in total. The lowest BCUT2D eigenvalue weighted by Gasteiger charge is -2.32. The second-order valence-corrected chi connectivity index (χ2v) is 11.1. The fraction of sp³-hybridized carbons (Fsp3) is 0.458. The Hall–Kier alpha value is -1.87. The van der Waals surface area contributed by atoms with Gasteiger partial charge in [0.2, 0.25) is 10.0 Å². The molecule has 1 aliphatic heterocycles. The van der Waals surface area contributed by atoms with E-state index in [0.29, 0.717) is 30.3 Å². The minimum Gasteiger partial charge on any atom is -0.457 e. The maximum absolute atomic E-state index is 13.5. The number of hydrogen-bond acceptors (Lipinski definition) is 6. The summed E-state index contributed by atoms with van der Waals surface area (Å²) < 4.78 is 34.4. The predicted octanol–water partition coefficient (Wildman–Crippen LogP) is 4.62. The van der Waals surface area contributed by atoms with Gasteiger partial charge in [0.25, 0.3) is 0 Å². The van der Waals surface area contributed by atoms with E-state index in [1.807, 2.05) is 37.3 Å². The van der Waals surface area contributed by atoms with Gasteiger partial charge in [-0.3, -0.25) is 4.79 Å². The van der Waals surface area contributed by atoms with Crippen molar-refractivity contribution in [2.45, 2.75) is 44.0 Å². The number of thioether (sulfide) groups is 1. The number of carbonyl (C=O) groups is 1. The number of sulfonamides is 1. The lowest BCUT2D eigenvalue weighted by molar-refractivity contribution is -0.109. The van der Waals surface area contributed by atoms with Crippen molar-refractivity contribution in [1.29, 1.82) is 0 Å². The number of nitrogens with zero attached hydrogens (tertiary/aromatic N) is 2. The molecule has 2 aromatic rings. The van der Waals surface area contributed by atoms with Gasteiger partial charge in [-0.25, -0.2) is 8.42 Å². The molecular formula is C24H32N2O4S2. The van der Waals surface area contributed by atoms with Crippen LogP contribution >= 0.6 is 11.8 Å². The summed E-state index contributed by atoms with van der Waals surface area (Å²) in [6.07, 6.45) is 3.55. The van der Waals surface area contributed by atoms with Crippen molar-refractivity contribution < 1.29 is 17.9 Å². The normalized spacial score (nSPS) is 16.1. The summed E-state index contributed by atoms with van der Waals surface area (Å²) in [6.45, 7) is 6.51. The number of para-hydroxylation sites is 1. The Balaban J connectivity index is 1.75. The Morgan fingerprint density at radius 3 is 2.28 bits per heavy atom. The highest BCUT2D eigenvalue weighted by atomic mass is 32.2. The van der Waals surface area contributed by atoms with Gasteiger partial charge in [0, 0.05) is 31.8 Å². The number of rotatable bonds is 10. The van der Waals surface area contributed by atoms with Crippen LogP contribution in [-0.4, -0.2) is 60.7 Å². The van der Waals surface area contributed by atoms with Crippen LogP contribution in [0.1, 0.15) is 33.1 Å². The fourth-order valence-electron chi connectivity index (χ4n) is 3.76. The molecule has 6 nitrogen and oxygen atoms in total. The van der Waals surface area contributed by atoms with Gasteiger partial charge in [-0.2, -0.15) is 4.31 Å². The van der Waals surface area contributed by atoms with E-state index in [9.17, 15) is 13.2 Å². The van der Waals surface area contributed by atoms with E-state index in [1.165, 1.54) is 25.1 Å². The van der Waals surface area contributed by atoms with E-state index in [2.05, 4.69) is 4.90 Å². The monoisotopic (exact) mass is 476 g/mol. The molecular weight excluding hydrogens is 444 g/mol. The zero-order valence-electron chi connectivity index (χ0n) is 18.8. The summed E-state index contributed by atoms with van der Waals surface area (Å²) in [5.41, 5.74) is 0. The Morgan fingerprint density at radius 1 is 1.03 bits per heavy atom. The van der Waals surface area contributed by atoms with Crippen molar-refractivity contribution >= 4 is 26.9 Å². The lowest BCUT2D eigenvalue weighted by Crippen LogP contribution is -2.45. The van der Waals surface area contributed by atoms with Crippen molar-refractivity contribution in [3.63, 3.8) is 0 Å². The molecule has 1 aliphatic rings. The molecule has 0 spiro atoms. The van der Waals surface area contributed by atoms with Crippen LogP contribution < -0.4 is 4.74 Å². The molecule has 0 saturated carbocycles. The van der Waals surface area contributed by atoms with Gasteiger partial charge < -0.3 is 9.64 Å². The van der Waals surface area contributed by atoms with Crippen LogP contribution in [0, 0.1) is 0 Å². The largest absolute Gasteiger partial charge is 0.457 e. The highest BCUT2D eigenvalue weighted by Crippen LogP contribution is 2.26. The van der Waals surface area contributed by atoms with Crippen LogP contribution in [0.25, 0.3) is 0 Å². The van der Waals surface area contributed by atoms with Crippen molar-refractivity contribution in [3.05, 3.63) is 54.6 Å². The van der Waals surface area contributed by atoms with E-state index in [-0.39, 0.29) is 16.1 Å². The predicted molar refractivity (Wildman–Crippen MR) is 130 cm³/mol. The standard InChI is InChI=1S/C24H32N2O4S2/c1-20(19-31-21(2)27)26(18-17-25-15-7-4-8-16-25)32(28,29)24-13-11-23(12-14-24)30-22-9-5-3-6-10-22/h3,5-6,9-14,20H,4,7-8,15-19H2,1-2H3/t20-/m1/s1. The maximum atomic E-state index is 13.5. The molecule has 8 heteroatoms. The number of carbonyl (C=O) groups excluding carboxylic acids is 1. The molecule has 3 rings (SSSR count). The molecule has 0 unspecified atom stereocenters. The van der Waals surface area contributed by atoms with Crippen LogP contribution in [0.2, 0.25) is 0 Å². The third-order valence-corrected chi connectivity index (χ3v) is 8.60.